The number of benzene rings is 2. The van der Waals surface area contributed by atoms with E-state index < -0.39 is 0 Å². The van der Waals surface area contributed by atoms with E-state index in [1.165, 1.54) is 0 Å². The number of hydrogen-bond acceptors (Lipinski definition) is 4. The van der Waals surface area contributed by atoms with Crippen LogP contribution in [0.1, 0.15) is 37.0 Å². The first-order valence-corrected chi connectivity index (χ1v) is 12.1. The molecule has 0 aromatic heterocycles. The molecule has 2 aromatic carbocycles. The Kier molecular flexibility index (Phi) is 10.4. The Hall–Kier alpha value is -3.57. The molecule has 8 heteroatoms. The molecule has 0 spiro atoms. The van der Waals surface area contributed by atoms with Crippen LogP contribution in [0.3, 0.4) is 0 Å². The molecule has 34 heavy (non-hydrogen) atoms. The molecule has 4 rings (SSSR count). The summed E-state index contributed by atoms with van der Waals surface area (Å²) in [6.07, 6.45) is 4.03. The molecule has 2 saturated heterocycles. The van der Waals surface area contributed by atoms with Crippen molar-refractivity contribution in [2.75, 3.05) is 44.6 Å². The molecule has 2 amide bonds. The van der Waals surface area contributed by atoms with Crippen molar-refractivity contribution in [3.05, 3.63) is 65.2 Å². The van der Waals surface area contributed by atoms with Crippen molar-refractivity contribution in [3.63, 3.8) is 0 Å². The number of anilines is 1. The molecule has 2 aliphatic rings. The van der Waals surface area contributed by atoms with Gasteiger partial charge in [0.1, 0.15) is 0 Å². The van der Waals surface area contributed by atoms with Gasteiger partial charge in [0.2, 0.25) is 0 Å². The van der Waals surface area contributed by atoms with Gasteiger partial charge in [0.05, 0.1) is 16.6 Å². The summed E-state index contributed by atoms with van der Waals surface area (Å²) >= 11 is 6.37. The van der Waals surface area contributed by atoms with E-state index in [2.05, 4.69) is 16.3 Å². The van der Waals surface area contributed by atoms with Crippen LogP contribution in [-0.2, 0) is 4.79 Å². The third kappa shape index (κ3) is 6.96. The number of likely N-dealkylation sites (tertiary alicyclic amines) is 2. The second-order valence-corrected chi connectivity index (χ2v) is 8.76. The SMILES string of the molecule is CCN(CC)C(=O)c1ccc(NC2CN(C3CCN([C-]=O)CC3)C2)cc1Cl.[Es].[c-]1ccccc1. The summed E-state index contributed by atoms with van der Waals surface area (Å²) in [5, 5.41) is 4.00. The van der Waals surface area contributed by atoms with Gasteiger partial charge in [-0.25, -0.2) is 0 Å². The Bertz CT molecular complexity index is 857. The zero-order valence-corrected chi connectivity index (χ0v) is 23.0. The summed E-state index contributed by atoms with van der Waals surface area (Å²) in [5.74, 6) is -0.0229. The molecule has 0 unspecified atom stereocenters. The first-order valence-electron chi connectivity index (χ1n) is 11.7. The molecule has 2 fully saturated rings. The minimum Gasteiger partial charge on any atom is -0.520 e. The van der Waals surface area contributed by atoms with Crippen LogP contribution >= 0.6 is 11.6 Å². The Balaban J connectivity index is 0.000000508. The van der Waals surface area contributed by atoms with Crippen LogP contribution in [0.5, 0.6) is 0 Å². The molecular formula is C26H33ClEsN4O2-2. The van der Waals surface area contributed by atoms with Crippen molar-refractivity contribution in [2.24, 2.45) is 0 Å². The number of hydrogen-bond donors (Lipinski definition) is 1. The maximum absolute atomic E-state index is 12.5. The smallest absolute Gasteiger partial charge is 0.255 e. The average molecular weight is 721 g/mol. The fourth-order valence-electron chi connectivity index (χ4n) is 4.26. The molecule has 2 aliphatic heterocycles. The minimum atomic E-state index is -0.0229. The first kappa shape index (κ1) is 26.7. The molecule has 1 radical (unpaired) electrons. The third-order valence-corrected chi connectivity index (χ3v) is 6.56. The van der Waals surface area contributed by atoms with Gasteiger partial charge < -0.3 is 19.9 Å². The van der Waals surface area contributed by atoms with Crippen molar-refractivity contribution in [3.8, 4) is 0 Å². The minimum absolute atomic E-state index is 0. The van der Waals surface area contributed by atoms with Crippen molar-refractivity contribution in [2.45, 2.75) is 38.8 Å². The molecule has 0 atom stereocenters. The normalized spacial score (nSPS) is 16.4. The number of nitrogens with zero attached hydrogens (tertiary/aromatic N) is 3. The van der Waals surface area contributed by atoms with E-state index >= 15 is 0 Å². The third-order valence-electron chi connectivity index (χ3n) is 6.25. The summed E-state index contributed by atoms with van der Waals surface area (Å²) < 4.78 is 0. The number of halogens is 1. The quantitative estimate of drug-likeness (QED) is 0.441. The summed E-state index contributed by atoms with van der Waals surface area (Å²) in [6.45, 7) is 8.88. The van der Waals surface area contributed by atoms with Crippen molar-refractivity contribution in [1.82, 2.24) is 14.7 Å². The second-order valence-electron chi connectivity index (χ2n) is 8.35. The van der Waals surface area contributed by atoms with Crippen LogP contribution in [0, 0.1) is 6.07 Å². The standard InChI is InChI=1S/C20H28ClN4O2.C6H5.Es/c1-3-24(4-2)20(27)18-6-5-15(11-19(18)21)22-16-12-25(13-16)17-7-9-23(14-26)10-8-17;1-2-4-6-5-3-1;/h5-6,11,16-17,22H,3-4,7-10,12-13H2,1-2H3;1-5H;/q2*-1;. The molecule has 0 bridgehead atoms. The van der Waals surface area contributed by atoms with Crippen molar-refractivity contribution < 1.29 is 9.59 Å². The van der Waals surface area contributed by atoms with E-state index in [9.17, 15) is 9.59 Å². The van der Waals surface area contributed by atoms with Gasteiger partial charge in [-0.1, -0.05) is 11.6 Å². The molecule has 1 N–H and O–H groups in total. The number of carbonyl (C=O) groups is 1. The zero-order valence-electron chi connectivity index (χ0n) is 19.8. The van der Waals surface area contributed by atoms with E-state index in [0.717, 1.165) is 44.7 Å². The van der Waals surface area contributed by atoms with E-state index in [1.54, 1.807) is 9.80 Å². The number of carbonyl (C=O) groups excluding carboxylic acids is 2. The number of nitrogens with one attached hydrogen (secondary N) is 1. The van der Waals surface area contributed by atoms with E-state index in [-0.39, 0.29) is 5.91 Å². The van der Waals surface area contributed by atoms with Gasteiger partial charge in [-0.3, -0.25) is 9.69 Å². The molecule has 0 aliphatic carbocycles. The van der Waals surface area contributed by atoms with E-state index in [4.69, 9.17) is 11.6 Å². The topological polar surface area (TPSA) is 55.9 Å². The summed E-state index contributed by atoms with van der Waals surface area (Å²) in [6, 6.07) is 19.0. The van der Waals surface area contributed by atoms with Crippen molar-refractivity contribution in [1.29, 1.82) is 0 Å². The summed E-state index contributed by atoms with van der Waals surface area (Å²) in [5.41, 5.74) is 1.51. The molecule has 2 heterocycles. The van der Waals surface area contributed by atoms with Gasteiger partial charge in [-0.2, -0.15) is 42.8 Å². The predicted molar refractivity (Wildman–Crippen MR) is 133 cm³/mol. The Morgan fingerprint density at radius 1 is 1.15 bits per heavy atom. The van der Waals surface area contributed by atoms with Crippen molar-refractivity contribution >= 4 is 29.6 Å². The second kappa shape index (κ2) is 13.2. The van der Waals surface area contributed by atoms with Crippen LogP contribution in [0.4, 0.5) is 5.69 Å². The number of amides is 2. The monoisotopic (exact) mass is 720 g/mol. The van der Waals surface area contributed by atoms with Gasteiger partial charge in [-0.05, 0) is 58.0 Å². The maximum Gasteiger partial charge on any atom is 0.255 e. The Morgan fingerprint density at radius 2 is 1.79 bits per heavy atom. The van der Waals surface area contributed by atoms with Crippen LogP contribution in [0.15, 0.2) is 48.5 Å². The maximum atomic E-state index is 12.5. The van der Waals surface area contributed by atoms with Gasteiger partial charge in [0, 0.05) is 37.9 Å². The zero-order chi connectivity index (χ0) is 23.6. The van der Waals surface area contributed by atoms with Gasteiger partial charge >= 0.3 is 0 Å². The molecule has 2 aromatic rings. The van der Waals surface area contributed by atoms with Gasteiger partial charge in [-0.15, -0.1) is 0 Å². The Morgan fingerprint density at radius 3 is 2.26 bits per heavy atom. The van der Waals surface area contributed by atoms with Crippen LogP contribution in [0.2, 0.25) is 5.02 Å². The number of piperidine rings is 1. The van der Waals surface area contributed by atoms with Crippen LogP contribution in [-0.4, -0.2) is 78.4 Å². The molecule has 6 nitrogen and oxygen atoms in total. The van der Waals surface area contributed by atoms with Gasteiger partial charge in [0.25, 0.3) is 5.91 Å². The Labute approximate surface area is 202 Å². The van der Waals surface area contributed by atoms with Crippen LogP contribution in [0.25, 0.3) is 0 Å². The molecular weight excluding hydrogens is 688 g/mol. The molecule has 0 saturated carbocycles. The van der Waals surface area contributed by atoms with E-state index in [1.807, 2.05) is 68.8 Å². The fourth-order valence-corrected chi connectivity index (χ4v) is 4.52. The fraction of sp³-hybridized carbons (Fsp3) is 0.462. The average Bonchev–Trinajstić information content (AvgIpc) is 2.83. The van der Waals surface area contributed by atoms with Gasteiger partial charge in [0.15, 0.2) is 0 Å². The first-order chi connectivity index (χ1) is 16.0. The predicted octanol–water partition coefficient (Wildman–Crippen LogP) is 3.94. The number of rotatable bonds is 7. The summed E-state index contributed by atoms with van der Waals surface area (Å²) in [4.78, 5) is 29.1. The van der Waals surface area contributed by atoms with E-state index in [0.29, 0.717) is 35.8 Å². The summed E-state index contributed by atoms with van der Waals surface area (Å²) in [7, 11) is 0. The molecule has 189 valence electrons. The van der Waals surface area contributed by atoms with Crippen LogP contribution < -0.4 is 5.32 Å². The largest absolute Gasteiger partial charge is 0.520 e.